The Balaban J connectivity index is 2.28. The molecule has 21 heavy (non-hydrogen) atoms. The highest BCUT2D eigenvalue weighted by Gasteiger charge is 2.14. The molecule has 2 rings (SSSR count). The van der Waals surface area contributed by atoms with E-state index in [1.54, 1.807) is 0 Å². The molecule has 2 aromatic carbocycles. The summed E-state index contributed by atoms with van der Waals surface area (Å²) in [6, 6.07) is 12.2. The molecule has 5 heteroatoms. The van der Waals surface area contributed by atoms with Crippen molar-refractivity contribution < 1.29 is 0 Å². The average molecular weight is 452 g/mol. The molecular weight excluding hydrogens is 437 g/mol. The first-order valence-electron chi connectivity index (χ1n) is 6.63. The molecule has 0 spiro atoms. The Bertz CT molecular complexity index is 632. The van der Waals surface area contributed by atoms with E-state index in [4.69, 9.17) is 23.2 Å². The molecule has 1 nitrogen and oxygen atoms in total. The number of benzene rings is 2. The standard InChI is InChI=1S/C16H15Br2Cl2N/c1-2-21-16(11-4-6-14(19)13(18)7-11)8-10-3-5-12(17)9-15(10)20/h3-7,9,16,21H,2,8H2,1H3. The minimum Gasteiger partial charge on any atom is -0.310 e. The topological polar surface area (TPSA) is 12.0 Å². The van der Waals surface area contributed by atoms with E-state index in [0.29, 0.717) is 0 Å². The van der Waals surface area contributed by atoms with Crippen molar-refractivity contribution in [3.63, 3.8) is 0 Å². The van der Waals surface area contributed by atoms with Gasteiger partial charge in [0.2, 0.25) is 0 Å². The summed E-state index contributed by atoms with van der Waals surface area (Å²) in [4.78, 5) is 0. The van der Waals surface area contributed by atoms with Crippen LogP contribution in [0, 0.1) is 0 Å². The largest absolute Gasteiger partial charge is 0.310 e. The number of rotatable bonds is 5. The third-order valence-corrected chi connectivity index (χ3v) is 5.29. The fourth-order valence-electron chi connectivity index (χ4n) is 2.19. The number of nitrogens with one attached hydrogen (secondary N) is 1. The van der Waals surface area contributed by atoms with Gasteiger partial charge in [0.15, 0.2) is 0 Å². The van der Waals surface area contributed by atoms with Gasteiger partial charge in [0, 0.05) is 20.0 Å². The minimum absolute atomic E-state index is 0.197. The van der Waals surface area contributed by atoms with E-state index in [1.807, 2.05) is 24.3 Å². The second-order valence-corrected chi connectivity index (χ2v) is 7.31. The molecule has 0 bridgehead atoms. The summed E-state index contributed by atoms with van der Waals surface area (Å²) in [5.41, 5.74) is 2.31. The molecular formula is C16H15Br2Cl2N. The van der Waals surface area contributed by atoms with Crippen molar-refractivity contribution in [3.8, 4) is 0 Å². The first kappa shape index (κ1) is 17.3. The molecule has 0 heterocycles. The molecule has 1 atom stereocenters. The molecule has 0 saturated heterocycles. The predicted molar refractivity (Wildman–Crippen MR) is 98.4 cm³/mol. The van der Waals surface area contributed by atoms with Crippen LogP contribution in [-0.4, -0.2) is 6.54 Å². The van der Waals surface area contributed by atoms with Crippen LogP contribution >= 0.6 is 55.1 Å². The highest BCUT2D eigenvalue weighted by molar-refractivity contribution is 9.10. The van der Waals surface area contributed by atoms with Crippen LogP contribution in [-0.2, 0) is 6.42 Å². The van der Waals surface area contributed by atoms with Gasteiger partial charge in [-0.25, -0.2) is 0 Å². The minimum atomic E-state index is 0.197. The summed E-state index contributed by atoms with van der Waals surface area (Å²) in [7, 11) is 0. The van der Waals surface area contributed by atoms with Crippen LogP contribution in [0.5, 0.6) is 0 Å². The molecule has 0 saturated carbocycles. The van der Waals surface area contributed by atoms with Gasteiger partial charge < -0.3 is 5.32 Å². The summed E-state index contributed by atoms with van der Waals surface area (Å²) in [5, 5.41) is 5.00. The summed E-state index contributed by atoms with van der Waals surface area (Å²) in [6.07, 6.45) is 0.827. The predicted octanol–water partition coefficient (Wildman–Crippen LogP) is 6.41. The molecule has 112 valence electrons. The fourth-order valence-corrected chi connectivity index (χ4v) is 3.46. The molecule has 0 aliphatic carbocycles. The lowest BCUT2D eigenvalue weighted by atomic mass is 9.99. The molecule has 0 fully saturated rings. The maximum Gasteiger partial charge on any atom is 0.0548 e. The molecule has 0 aliphatic heterocycles. The van der Waals surface area contributed by atoms with Crippen molar-refractivity contribution in [1.82, 2.24) is 5.32 Å². The normalized spacial score (nSPS) is 12.4. The molecule has 1 N–H and O–H groups in total. The van der Waals surface area contributed by atoms with Crippen molar-refractivity contribution in [3.05, 3.63) is 66.5 Å². The Kier molecular flexibility index (Phi) is 6.57. The second kappa shape index (κ2) is 7.98. The SMILES string of the molecule is CCNC(Cc1ccc(Br)cc1Cl)c1ccc(Cl)c(Br)c1. The average Bonchev–Trinajstić information content (AvgIpc) is 2.44. The third kappa shape index (κ3) is 4.70. The zero-order valence-corrected chi connectivity index (χ0v) is 16.2. The number of hydrogen-bond acceptors (Lipinski definition) is 1. The zero-order chi connectivity index (χ0) is 15.4. The van der Waals surface area contributed by atoms with Gasteiger partial charge in [-0.15, -0.1) is 0 Å². The van der Waals surface area contributed by atoms with Gasteiger partial charge in [0.1, 0.15) is 0 Å². The van der Waals surface area contributed by atoms with Crippen LogP contribution in [0.3, 0.4) is 0 Å². The second-order valence-electron chi connectivity index (χ2n) is 4.72. The van der Waals surface area contributed by atoms with Crippen LogP contribution in [0.15, 0.2) is 45.3 Å². The monoisotopic (exact) mass is 449 g/mol. The Morgan fingerprint density at radius 3 is 2.43 bits per heavy atom. The maximum atomic E-state index is 6.33. The summed E-state index contributed by atoms with van der Waals surface area (Å²) >= 11 is 19.3. The van der Waals surface area contributed by atoms with E-state index < -0.39 is 0 Å². The highest BCUT2D eigenvalue weighted by atomic mass is 79.9. The summed E-state index contributed by atoms with van der Waals surface area (Å²) < 4.78 is 1.90. The Morgan fingerprint density at radius 1 is 1.05 bits per heavy atom. The maximum absolute atomic E-state index is 6.33. The van der Waals surface area contributed by atoms with E-state index in [0.717, 1.165) is 37.5 Å². The Labute approximate surface area is 152 Å². The van der Waals surface area contributed by atoms with E-state index in [1.165, 1.54) is 5.56 Å². The van der Waals surface area contributed by atoms with Crippen molar-refractivity contribution in [2.75, 3.05) is 6.54 Å². The quantitative estimate of drug-likeness (QED) is 0.553. The van der Waals surface area contributed by atoms with E-state index in [2.05, 4.69) is 56.2 Å². The zero-order valence-electron chi connectivity index (χ0n) is 11.5. The van der Waals surface area contributed by atoms with Gasteiger partial charge in [-0.1, -0.05) is 58.2 Å². The summed E-state index contributed by atoms with van der Waals surface area (Å²) in [6.45, 7) is 2.99. The lowest BCUT2D eigenvalue weighted by molar-refractivity contribution is 0.549. The van der Waals surface area contributed by atoms with Gasteiger partial charge in [-0.2, -0.15) is 0 Å². The van der Waals surface area contributed by atoms with Gasteiger partial charge in [0.25, 0.3) is 0 Å². The molecule has 0 amide bonds. The van der Waals surface area contributed by atoms with Crippen LogP contribution in [0.2, 0.25) is 10.0 Å². The van der Waals surface area contributed by atoms with Crippen LogP contribution in [0.4, 0.5) is 0 Å². The van der Waals surface area contributed by atoms with E-state index >= 15 is 0 Å². The van der Waals surface area contributed by atoms with Crippen LogP contribution in [0.1, 0.15) is 24.1 Å². The molecule has 0 radical (unpaired) electrons. The molecule has 1 unspecified atom stereocenters. The van der Waals surface area contributed by atoms with Crippen molar-refractivity contribution in [2.45, 2.75) is 19.4 Å². The van der Waals surface area contributed by atoms with Crippen LogP contribution in [0.25, 0.3) is 0 Å². The van der Waals surface area contributed by atoms with Gasteiger partial charge >= 0.3 is 0 Å². The molecule has 0 aromatic heterocycles. The molecule has 2 aromatic rings. The number of likely N-dealkylation sites (N-methyl/N-ethyl adjacent to an activating group) is 1. The van der Waals surface area contributed by atoms with Gasteiger partial charge in [0.05, 0.1) is 5.02 Å². The van der Waals surface area contributed by atoms with Crippen molar-refractivity contribution >= 4 is 55.1 Å². The van der Waals surface area contributed by atoms with Crippen molar-refractivity contribution in [2.24, 2.45) is 0 Å². The first-order valence-corrected chi connectivity index (χ1v) is 8.97. The van der Waals surface area contributed by atoms with Crippen LogP contribution < -0.4 is 5.32 Å². The number of hydrogen-bond donors (Lipinski definition) is 1. The summed E-state index contributed by atoms with van der Waals surface area (Å²) in [5.74, 6) is 0. The van der Waals surface area contributed by atoms with Gasteiger partial charge in [-0.3, -0.25) is 0 Å². The Hall–Kier alpha value is -0.0600. The number of halogens is 4. The van der Waals surface area contributed by atoms with E-state index in [-0.39, 0.29) is 6.04 Å². The molecule has 0 aliphatic rings. The van der Waals surface area contributed by atoms with Gasteiger partial charge in [-0.05, 0) is 64.3 Å². The smallest absolute Gasteiger partial charge is 0.0548 e. The Morgan fingerprint density at radius 2 is 1.81 bits per heavy atom. The van der Waals surface area contributed by atoms with E-state index in [9.17, 15) is 0 Å². The lowest BCUT2D eigenvalue weighted by Gasteiger charge is -2.20. The fraction of sp³-hybridized carbons (Fsp3) is 0.250. The first-order chi connectivity index (χ1) is 10.0. The van der Waals surface area contributed by atoms with Crippen molar-refractivity contribution in [1.29, 1.82) is 0 Å². The highest BCUT2D eigenvalue weighted by Crippen LogP contribution is 2.30. The third-order valence-electron chi connectivity index (χ3n) is 3.24. The lowest BCUT2D eigenvalue weighted by Crippen LogP contribution is -2.23.